The Hall–Kier alpha value is -5.86. The Balaban J connectivity index is 1.29. The van der Waals surface area contributed by atoms with Gasteiger partial charge < -0.3 is 14.2 Å². The summed E-state index contributed by atoms with van der Waals surface area (Å²) in [4.78, 5) is 43.3. The number of barbiturate groups is 1. The van der Waals surface area contributed by atoms with Crippen LogP contribution in [0.4, 0.5) is 16.2 Å². The second kappa shape index (κ2) is 14.1. The molecule has 0 aromatic heterocycles. The van der Waals surface area contributed by atoms with Gasteiger partial charge in [0.1, 0.15) is 24.5 Å². The fraction of sp³-hybridized carbons (Fsp3) is 0.0789. The Bertz CT molecular complexity index is 1880. The molecule has 0 radical (unpaired) electrons. The molecule has 1 aliphatic rings. The van der Waals surface area contributed by atoms with Gasteiger partial charge in [0.15, 0.2) is 11.5 Å². The van der Waals surface area contributed by atoms with E-state index in [0.29, 0.717) is 45.8 Å². The lowest BCUT2D eigenvalue weighted by Crippen LogP contribution is -2.57. The van der Waals surface area contributed by atoms with Crippen molar-refractivity contribution in [2.75, 3.05) is 16.9 Å². The smallest absolute Gasteiger partial charge is 0.343 e. The van der Waals surface area contributed by atoms with Crippen LogP contribution in [0.2, 0.25) is 5.02 Å². The highest BCUT2D eigenvalue weighted by Crippen LogP contribution is 2.33. The number of imide groups is 2. The van der Waals surface area contributed by atoms with E-state index in [4.69, 9.17) is 25.8 Å². The molecule has 0 atom stereocenters. The monoisotopic (exact) mass is 644 g/mol. The zero-order chi connectivity index (χ0) is 32.8. The molecule has 0 unspecified atom stereocenters. The van der Waals surface area contributed by atoms with Gasteiger partial charge in [0.05, 0.1) is 18.5 Å². The SMILES string of the molecule is COc1cc(COc2ccc(Cl)cc2C=C2C(=O)N(c3ccccc3)C(=O)N(c3ccccc3)C2=O)ccc1OCc1ccccc1. The second-order valence-electron chi connectivity index (χ2n) is 10.5. The van der Waals surface area contributed by atoms with E-state index in [2.05, 4.69) is 0 Å². The Labute approximate surface area is 277 Å². The van der Waals surface area contributed by atoms with Gasteiger partial charge in [0.25, 0.3) is 11.8 Å². The van der Waals surface area contributed by atoms with Crippen molar-refractivity contribution in [3.63, 3.8) is 0 Å². The highest BCUT2D eigenvalue weighted by atomic mass is 35.5. The van der Waals surface area contributed by atoms with Gasteiger partial charge in [-0.05, 0) is 71.8 Å². The number of nitrogens with zero attached hydrogens (tertiary/aromatic N) is 2. The Morgan fingerprint density at radius 1 is 0.596 bits per heavy atom. The number of hydrogen-bond acceptors (Lipinski definition) is 6. The molecule has 0 aliphatic carbocycles. The van der Waals surface area contributed by atoms with E-state index in [1.54, 1.807) is 86.0 Å². The summed E-state index contributed by atoms with van der Waals surface area (Å²) >= 11 is 6.37. The van der Waals surface area contributed by atoms with E-state index in [9.17, 15) is 14.4 Å². The number of benzene rings is 5. The number of ether oxygens (including phenoxy) is 3. The number of carbonyl (C=O) groups is 3. The van der Waals surface area contributed by atoms with Crippen LogP contribution in [0.15, 0.2) is 133 Å². The van der Waals surface area contributed by atoms with Crippen molar-refractivity contribution in [1.29, 1.82) is 0 Å². The Morgan fingerprint density at radius 2 is 1.13 bits per heavy atom. The first-order valence-corrected chi connectivity index (χ1v) is 15.1. The van der Waals surface area contributed by atoms with Crippen LogP contribution in [0.5, 0.6) is 17.2 Å². The number of methoxy groups -OCH3 is 1. The van der Waals surface area contributed by atoms with Crippen molar-refractivity contribution in [3.05, 3.63) is 155 Å². The molecule has 1 saturated heterocycles. The van der Waals surface area contributed by atoms with Gasteiger partial charge in [0.2, 0.25) is 0 Å². The quantitative estimate of drug-likeness (QED) is 0.113. The van der Waals surface area contributed by atoms with Gasteiger partial charge in [-0.15, -0.1) is 0 Å². The number of rotatable bonds is 10. The molecule has 9 heteroatoms. The molecule has 5 aromatic carbocycles. The second-order valence-corrected chi connectivity index (χ2v) is 11.0. The van der Waals surface area contributed by atoms with Crippen LogP contribution in [0.1, 0.15) is 16.7 Å². The van der Waals surface area contributed by atoms with Crippen LogP contribution in [0.3, 0.4) is 0 Å². The predicted octanol–water partition coefficient (Wildman–Crippen LogP) is 8.09. The Morgan fingerprint density at radius 3 is 1.72 bits per heavy atom. The fourth-order valence-electron chi connectivity index (χ4n) is 5.08. The lowest BCUT2D eigenvalue weighted by atomic mass is 10.0. The number of para-hydroxylation sites is 2. The minimum atomic E-state index is -0.776. The summed E-state index contributed by atoms with van der Waals surface area (Å²) in [5.74, 6) is -0.0158. The molecule has 234 valence electrons. The normalized spacial score (nSPS) is 13.1. The van der Waals surface area contributed by atoms with E-state index in [-0.39, 0.29) is 12.2 Å². The van der Waals surface area contributed by atoms with Crippen LogP contribution in [0, 0.1) is 0 Å². The highest BCUT2D eigenvalue weighted by Gasteiger charge is 2.43. The molecule has 0 N–H and O–H groups in total. The molecule has 1 heterocycles. The molecular weight excluding hydrogens is 616 g/mol. The molecule has 47 heavy (non-hydrogen) atoms. The van der Waals surface area contributed by atoms with E-state index in [1.165, 1.54) is 6.08 Å². The third-order valence-corrected chi connectivity index (χ3v) is 7.64. The molecule has 8 nitrogen and oxygen atoms in total. The molecule has 1 aliphatic heterocycles. The number of halogens is 1. The van der Waals surface area contributed by atoms with Gasteiger partial charge in [-0.1, -0.05) is 84.4 Å². The zero-order valence-electron chi connectivity index (χ0n) is 25.3. The largest absolute Gasteiger partial charge is 0.493 e. The molecule has 0 spiro atoms. The number of hydrogen-bond donors (Lipinski definition) is 0. The van der Waals surface area contributed by atoms with E-state index in [0.717, 1.165) is 20.9 Å². The summed E-state index contributed by atoms with van der Waals surface area (Å²) in [6.07, 6.45) is 1.41. The van der Waals surface area contributed by atoms with Gasteiger partial charge in [-0.25, -0.2) is 14.6 Å². The van der Waals surface area contributed by atoms with E-state index >= 15 is 0 Å². The maximum atomic E-state index is 13.8. The molecule has 1 fully saturated rings. The van der Waals surface area contributed by atoms with E-state index in [1.807, 2.05) is 48.5 Å². The summed E-state index contributed by atoms with van der Waals surface area (Å²) in [5, 5.41) is 0.373. The van der Waals surface area contributed by atoms with Crippen LogP contribution in [-0.2, 0) is 22.8 Å². The summed E-state index contributed by atoms with van der Waals surface area (Å²) in [6, 6.07) is 36.4. The number of carbonyl (C=O) groups excluding carboxylic acids is 3. The average Bonchev–Trinajstić information content (AvgIpc) is 3.10. The lowest BCUT2D eigenvalue weighted by Gasteiger charge is -2.34. The number of amides is 4. The average molecular weight is 645 g/mol. The van der Waals surface area contributed by atoms with Crippen LogP contribution < -0.4 is 24.0 Å². The van der Waals surface area contributed by atoms with Gasteiger partial charge in [-0.3, -0.25) is 9.59 Å². The van der Waals surface area contributed by atoms with Crippen LogP contribution >= 0.6 is 11.6 Å². The summed E-state index contributed by atoms with van der Waals surface area (Å²) in [6.45, 7) is 0.530. The molecule has 0 saturated carbocycles. The Kier molecular flexibility index (Phi) is 9.31. The maximum Gasteiger partial charge on any atom is 0.343 e. The standard InChI is InChI=1S/C38H29ClN2O6/c1-45-35-21-27(17-19-34(35)47-24-26-11-5-2-6-12-26)25-46-33-20-18-29(39)22-28(33)23-32-36(42)40(30-13-7-3-8-14-30)38(44)41(37(32)43)31-15-9-4-10-16-31/h2-23H,24-25H2,1H3. The molecule has 6 rings (SSSR count). The van der Waals surface area contributed by atoms with Gasteiger partial charge >= 0.3 is 6.03 Å². The number of anilines is 2. The fourth-order valence-corrected chi connectivity index (χ4v) is 5.26. The first-order chi connectivity index (χ1) is 22.9. The molecule has 0 bridgehead atoms. The third-order valence-electron chi connectivity index (χ3n) is 7.41. The predicted molar refractivity (Wildman–Crippen MR) is 181 cm³/mol. The van der Waals surface area contributed by atoms with Crippen LogP contribution in [-0.4, -0.2) is 25.0 Å². The third kappa shape index (κ3) is 6.88. The lowest BCUT2D eigenvalue weighted by molar-refractivity contribution is -0.121. The highest BCUT2D eigenvalue weighted by molar-refractivity contribution is 6.46. The van der Waals surface area contributed by atoms with Gasteiger partial charge in [-0.2, -0.15) is 0 Å². The zero-order valence-corrected chi connectivity index (χ0v) is 26.1. The van der Waals surface area contributed by atoms with Crippen molar-refractivity contribution in [2.45, 2.75) is 13.2 Å². The summed E-state index contributed by atoms with van der Waals surface area (Å²) in [5.41, 5.74) is 2.64. The van der Waals surface area contributed by atoms with Crippen molar-refractivity contribution in [3.8, 4) is 17.2 Å². The molecular formula is C38H29ClN2O6. The van der Waals surface area contributed by atoms with Crippen molar-refractivity contribution < 1.29 is 28.6 Å². The minimum Gasteiger partial charge on any atom is -0.493 e. The molecule has 5 aromatic rings. The molecule has 4 amide bonds. The topological polar surface area (TPSA) is 85.4 Å². The van der Waals surface area contributed by atoms with Gasteiger partial charge in [0, 0.05) is 10.6 Å². The van der Waals surface area contributed by atoms with Crippen molar-refractivity contribution in [1.82, 2.24) is 0 Å². The first-order valence-electron chi connectivity index (χ1n) is 14.7. The van der Waals surface area contributed by atoms with Crippen LogP contribution in [0.25, 0.3) is 6.08 Å². The summed E-state index contributed by atoms with van der Waals surface area (Å²) in [7, 11) is 1.57. The summed E-state index contributed by atoms with van der Waals surface area (Å²) < 4.78 is 17.7. The first kappa shape index (κ1) is 31.1. The maximum absolute atomic E-state index is 13.8. The number of urea groups is 1. The van der Waals surface area contributed by atoms with Crippen molar-refractivity contribution in [2.24, 2.45) is 0 Å². The minimum absolute atomic E-state index is 0.139. The van der Waals surface area contributed by atoms with Crippen molar-refractivity contribution >= 4 is 46.9 Å². The van der Waals surface area contributed by atoms with E-state index < -0.39 is 17.8 Å².